The maximum Gasteiger partial charge on any atom is 0.146 e. The van der Waals surface area contributed by atoms with Crippen LogP contribution in [0.15, 0.2) is 48.7 Å². The number of para-hydroxylation sites is 3. The van der Waals surface area contributed by atoms with E-state index in [0.717, 1.165) is 22.3 Å². The molecule has 4 heteroatoms. The Morgan fingerprint density at radius 2 is 1.85 bits per heavy atom. The molecule has 0 aliphatic rings. The lowest BCUT2D eigenvalue weighted by Gasteiger charge is -2.10. The number of nitrogens with one attached hydrogen (secondary N) is 1. The van der Waals surface area contributed by atoms with E-state index in [2.05, 4.69) is 15.3 Å². The summed E-state index contributed by atoms with van der Waals surface area (Å²) in [4.78, 5) is 8.84. The van der Waals surface area contributed by atoms with E-state index in [1.165, 1.54) is 6.07 Å². The first-order valence-corrected chi connectivity index (χ1v) is 6.44. The van der Waals surface area contributed by atoms with Crippen LogP contribution in [-0.4, -0.2) is 9.97 Å². The molecular weight excluding hydrogens is 253 g/mol. The van der Waals surface area contributed by atoms with Crippen molar-refractivity contribution in [3.8, 4) is 0 Å². The number of aromatic nitrogens is 2. The molecular formula is C16H14FN3. The van der Waals surface area contributed by atoms with Gasteiger partial charge in [0.05, 0.1) is 35.2 Å². The van der Waals surface area contributed by atoms with Crippen LogP contribution < -0.4 is 5.32 Å². The van der Waals surface area contributed by atoms with Gasteiger partial charge in [-0.15, -0.1) is 0 Å². The number of fused-ring (bicyclic) bond motifs is 1. The smallest absolute Gasteiger partial charge is 0.146 e. The molecule has 0 fully saturated rings. The summed E-state index contributed by atoms with van der Waals surface area (Å²) in [5.41, 5.74) is 3.88. The summed E-state index contributed by atoms with van der Waals surface area (Å²) in [6.45, 7) is 2.32. The molecule has 0 atom stereocenters. The van der Waals surface area contributed by atoms with E-state index in [9.17, 15) is 4.39 Å². The first-order chi connectivity index (χ1) is 9.74. The Morgan fingerprint density at radius 1 is 1.05 bits per heavy atom. The van der Waals surface area contributed by atoms with Gasteiger partial charge >= 0.3 is 0 Å². The molecule has 1 N–H and O–H groups in total. The zero-order valence-electron chi connectivity index (χ0n) is 11.1. The summed E-state index contributed by atoms with van der Waals surface area (Å²) in [5.74, 6) is -0.251. The number of hydrogen-bond donors (Lipinski definition) is 1. The summed E-state index contributed by atoms with van der Waals surface area (Å²) in [5, 5.41) is 3.08. The van der Waals surface area contributed by atoms with Crippen LogP contribution in [0, 0.1) is 12.7 Å². The van der Waals surface area contributed by atoms with Gasteiger partial charge in [0, 0.05) is 0 Å². The van der Waals surface area contributed by atoms with Crippen LogP contribution >= 0.6 is 0 Å². The van der Waals surface area contributed by atoms with Crippen molar-refractivity contribution in [3.63, 3.8) is 0 Å². The molecule has 0 saturated heterocycles. The highest BCUT2D eigenvalue weighted by Gasteiger charge is 2.05. The van der Waals surface area contributed by atoms with Gasteiger partial charge in [-0.1, -0.05) is 24.3 Å². The van der Waals surface area contributed by atoms with Crippen molar-refractivity contribution in [2.24, 2.45) is 0 Å². The number of hydrogen-bond acceptors (Lipinski definition) is 3. The molecule has 1 aromatic heterocycles. The van der Waals surface area contributed by atoms with Gasteiger partial charge in [-0.25, -0.2) is 9.37 Å². The predicted octanol–water partition coefficient (Wildman–Crippen LogP) is 3.69. The lowest BCUT2D eigenvalue weighted by molar-refractivity contribution is 0.629. The van der Waals surface area contributed by atoms with Crippen LogP contribution in [0.25, 0.3) is 11.0 Å². The van der Waals surface area contributed by atoms with Crippen molar-refractivity contribution in [1.82, 2.24) is 9.97 Å². The van der Waals surface area contributed by atoms with Crippen molar-refractivity contribution in [3.05, 3.63) is 65.7 Å². The number of anilines is 1. The van der Waals surface area contributed by atoms with Crippen molar-refractivity contribution in [2.45, 2.75) is 13.5 Å². The van der Waals surface area contributed by atoms with Gasteiger partial charge in [0.1, 0.15) is 5.82 Å². The summed E-state index contributed by atoms with van der Waals surface area (Å²) in [7, 11) is 0. The molecule has 0 aliphatic carbocycles. The molecule has 3 rings (SSSR count). The van der Waals surface area contributed by atoms with Gasteiger partial charge in [-0.2, -0.15) is 0 Å². The van der Waals surface area contributed by atoms with Crippen molar-refractivity contribution in [1.29, 1.82) is 0 Å². The molecule has 0 spiro atoms. The zero-order valence-corrected chi connectivity index (χ0v) is 11.1. The van der Waals surface area contributed by atoms with Gasteiger partial charge in [0.25, 0.3) is 0 Å². The monoisotopic (exact) mass is 267 g/mol. The molecule has 0 aliphatic heterocycles. The summed E-state index contributed by atoms with van der Waals surface area (Å²) in [6.07, 6.45) is 1.71. The van der Waals surface area contributed by atoms with E-state index < -0.39 is 0 Å². The molecule has 2 aromatic carbocycles. The highest BCUT2D eigenvalue weighted by molar-refractivity contribution is 5.73. The fourth-order valence-electron chi connectivity index (χ4n) is 2.12. The number of rotatable bonds is 3. The van der Waals surface area contributed by atoms with E-state index in [1.807, 2.05) is 37.3 Å². The SMILES string of the molecule is Cc1cccc(F)c1NCc1cnc2ccccc2n1. The van der Waals surface area contributed by atoms with Gasteiger partial charge in [-0.3, -0.25) is 4.98 Å². The van der Waals surface area contributed by atoms with Crippen LogP contribution in [0.2, 0.25) is 0 Å². The van der Waals surface area contributed by atoms with Crippen LogP contribution in [0.1, 0.15) is 11.3 Å². The predicted molar refractivity (Wildman–Crippen MR) is 78.0 cm³/mol. The minimum atomic E-state index is -0.251. The minimum Gasteiger partial charge on any atom is -0.377 e. The van der Waals surface area contributed by atoms with Gasteiger partial charge in [-0.05, 0) is 30.7 Å². The molecule has 0 radical (unpaired) electrons. The van der Waals surface area contributed by atoms with Crippen molar-refractivity contribution in [2.75, 3.05) is 5.32 Å². The van der Waals surface area contributed by atoms with E-state index in [4.69, 9.17) is 0 Å². The summed E-state index contributed by atoms with van der Waals surface area (Å²) >= 11 is 0. The average molecular weight is 267 g/mol. The Kier molecular flexibility index (Phi) is 3.29. The second kappa shape index (κ2) is 5.25. The molecule has 1 heterocycles. The quantitative estimate of drug-likeness (QED) is 0.786. The molecule has 100 valence electrons. The van der Waals surface area contributed by atoms with Crippen LogP contribution in [0.5, 0.6) is 0 Å². The Bertz CT molecular complexity index is 735. The maximum atomic E-state index is 13.7. The first kappa shape index (κ1) is 12.5. The third kappa shape index (κ3) is 2.45. The number of nitrogens with zero attached hydrogens (tertiary/aromatic N) is 2. The van der Waals surface area contributed by atoms with E-state index in [0.29, 0.717) is 12.2 Å². The molecule has 0 bridgehead atoms. The number of aryl methyl sites for hydroxylation is 1. The standard InChI is InChI=1S/C16H14FN3/c1-11-5-4-6-13(17)16(11)19-10-12-9-18-14-7-2-3-8-15(14)20-12/h2-9,19H,10H2,1H3. The van der Waals surface area contributed by atoms with Crippen molar-refractivity contribution < 1.29 is 4.39 Å². The normalized spacial score (nSPS) is 10.7. The van der Waals surface area contributed by atoms with Crippen LogP contribution in [0.3, 0.4) is 0 Å². The van der Waals surface area contributed by atoms with Crippen LogP contribution in [-0.2, 0) is 6.54 Å². The Labute approximate surface area is 116 Å². The van der Waals surface area contributed by atoms with Crippen molar-refractivity contribution >= 4 is 16.7 Å². The molecule has 0 unspecified atom stereocenters. The Balaban J connectivity index is 1.83. The highest BCUT2D eigenvalue weighted by Crippen LogP contribution is 2.19. The van der Waals surface area contributed by atoms with Gasteiger partial charge in [0.2, 0.25) is 0 Å². The topological polar surface area (TPSA) is 37.8 Å². The lowest BCUT2D eigenvalue weighted by Crippen LogP contribution is -2.05. The third-order valence-electron chi connectivity index (χ3n) is 3.17. The highest BCUT2D eigenvalue weighted by atomic mass is 19.1. The fraction of sp³-hybridized carbons (Fsp3) is 0.125. The average Bonchev–Trinajstić information content (AvgIpc) is 2.46. The largest absolute Gasteiger partial charge is 0.377 e. The molecule has 0 saturated carbocycles. The maximum absolute atomic E-state index is 13.7. The van der Waals surface area contributed by atoms with E-state index >= 15 is 0 Å². The van der Waals surface area contributed by atoms with E-state index in [1.54, 1.807) is 12.3 Å². The van der Waals surface area contributed by atoms with Crippen LogP contribution in [0.4, 0.5) is 10.1 Å². The summed E-state index contributed by atoms with van der Waals surface area (Å²) < 4.78 is 13.7. The molecule has 3 aromatic rings. The third-order valence-corrected chi connectivity index (χ3v) is 3.17. The first-order valence-electron chi connectivity index (χ1n) is 6.44. The number of benzene rings is 2. The van der Waals surface area contributed by atoms with Gasteiger partial charge in [0.15, 0.2) is 0 Å². The second-order valence-corrected chi connectivity index (χ2v) is 4.64. The molecule has 0 amide bonds. The zero-order chi connectivity index (χ0) is 13.9. The second-order valence-electron chi connectivity index (χ2n) is 4.64. The lowest BCUT2D eigenvalue weighted by atomic mass is 10.2. The molecule has 3 nitrogen and oxygen atoms in total. The minimum absolute atomic E-state index is 0.251. The van der Waals surface area contributed by atoms with Gasteiger partial charge < -0.3 is 5.32 Å². The Hall–Kier alpha value is -2.49. The van der Waals surface area contributed by atoms with E-state index in [-0.39, 0.29) is 5.82 Å². The molecule has 20 heavy (non-hydrogen) atoms. The number of halogens is 1. The fourth-order valence-corrected chi connectivity index (χ4v) is 2.12. The Morgan fingerprint density at radius 3 is 2.65 bits per heavy atom. The summed E-state index contributed by atoms with van der Waals surface area (Å²) in [6, 6.07) is 12.7.